The lowest BCUT2D eigenvalue weighted by molar-refractivity contribution is 0.0920. The van der Waals surface area contributed by atoms with E-state index in [0.717, 1.165) is 24.7 Å². The zero-order valence-electron chi connectivity index (χ0n) is 12.2. The van der Waals surface area contributed by atoms with Crippen LogP contribution in [0.25, 0.3) is 0 Å². The molecule has 1 heterocycles. The van der Waals surface area contributed by atoms with Crippen molar-refractivity contribution in [2.45, 2.75) is 45.2 Å². The summed E-state index contributed by atoms with van der Waals surface area (Å²) in [6, 6.07) is 8.69. The van der Waals surface area contributed by atoms with Crippen LogP contribution in [0.15, 0.2) is 24.3 Å². The number of hydrogen-bond acceptors (Lipinski definition) is 2. The number of nitrogens with zero attached hydrogens (tertiary/aromatic N) is 1. The van der Waals surface area contributed by atoms with Crippen molar-refractivity contribution in [2.24, 2.45) is 0 Å². The number of piperazine rings is 1. The zero-order valence-corrected chi connectivity index (χ0v) is 13.0. The summed E-state index contributed by atoms with van der Waals surface area (Å²) in [5.41, 5.74) is 1.60. The van der Waals surface area contributed by atoms with Gasteiger partial charge in [-0.2, -0.15) is 0 Å². The van der Waals surface area contributed by atoms with E-state index in [1.807, 2.05) is 12.1 Å². The molecule has 0 aromatic heterocycles. The number of halogens is 1. The highest BCUT2D eigenvalue weighted by Gasteiger charge is 2.33. The Balaban J connectivity index is 2.13. The molecule has 0 aliphatic carbocycles. The Morgan fingerprint density at radius 3 is 2.74 bits per heavy atom. The average molecular weight is 281 g/mol. The summed E-state index contributed by atoms with van der Waals surface area (Å²) in [5.74, 6) is 0. The maximum absolute atomic E-state index is 6.11. The second-order valence-electron chi connectivity index (χ2n) is 5.62. The van der Waals surface area contributed by atoms with Crippen LogP contribution in [-0.2, 0) is 0 Å². The summed E-state index contributed by atoms with van der Waals surface area (Å²) in [7, 11) is 0. The molecule has 2 rings (SSSR count). The zero-order chi connectivity index (χ0) is 13.9. The lowest BCUT2D eigenvalue weighted by atomic mass is 9.89. The first-order chi connectivity index (χ1) is 9.10. The molecule has 1 aliphatic heterocycles. The van der Waals surface area contributed by atoms with Crippen LogP contribution < -0.4 is 5.32 Å². The third kappa shape index (κ3) is 3.31. The van der Waals surface area contributed by atoms with Crippen LogP contribution in [0.1, 0.15) is 45.2 Å². The number of rotatable bonds is 4. The fourth-order valence-electron chi connectivity index (χ4n) is 3.02. The van der Waals surface area contributed by atoms with Gasteiger partial charge in [-0.15, -0.1) is 0 Å². The van der Waals surface area contributed by atoms with Crippen molar-refractivity contribution in [1.82, 2.24) is 10.2 Å². The summed E-state index contributed by atoms with van der Waals surface area (Å²) >= 11 is 6.11. The Kier molecular flexibility index (Phi) is 4.88. The number of hydrogen-bond donors (Lipinski definition) is 1. The second-order valence-corrected chi connectivity index (χ2v) is 6.05. The van der Waals surface area contributed by atoms with Gasteiger partial charge in [0.1, 0.15) is 0 Å². The van der Waals surface area contributed by atoms with Gasteiger partial charge in [0.2, 0.25) is 0 Å². The van der Waals surface area contributed by atoms with Gasteiger partial charge in [-0.25, -0.2) is 0 Å². The summed E-state index contributed by atoms with van der Waals surface area (Å²) in [4.78, 5) is 2.58. The Labute approximate surface area is 122 Å². The molecular formula is C16H25ClN2. The van der Waals surface area contributed by atoms with Gasteiger partial charge in [0.05, 0.1) is 0 Å². The molecule has 0 saturated carbocycles. The van der Waals surface area contributed by atoms with Gasteiger partial charge in [-0.3, -0.25) is 4.90 Å². The van der Waals surface area contributed by atoms with Gasteiger partial charge < -0.3 is 5.32 Å². The van der Waals surface area contributed by atoms with E-state index >= 15 is 0 Å². The van der Waals surface area contributed by atoms with E-state index in [0.29, 0.717) is 6.04 Å². The van der Waals surface area contributed by atoms with Crippen molar-refractivity contribution < 1.29 is 0 Å². The fourth-order valence-corrected chi connectivity index (χ4v) is 3.22. The summed E-state index contributed by atoms with van der Waals surface area (Å²) < 4.78 is 0. The van der Waals surface area contributed by atoms with Gasteiger partial charge in [0.25, 0.3) is 0 Å². The van der Waals surface area contributed by atoms with Crippen LogP contribution in [0.3, 0.4) is 0 Å². The molecule has 1 fully saturated rings. The van der Waals surface area contributed by atoms with E-state index in [1.165, 1.54) is 18.4 Å². The van der Waals surface area contributed by atoms with Crippen molar-refractivity contribution in [1.29, 1.82) is 0 Å². The normalized spacial score (nSPS) is 21.3. The first-order valence-electron chi connectivity index (χ1n) is 7.35. The van der Waals surface area contributed by atoms with Crippen LogP contribution in [0.2, 0.25) is 5.02 Å². The quantitative estimate of drug-likeness (QED) is 0.901. The largest absolute Gasteiger partial charge is 0.309 e. The lowest BCUT2D eigenvalue weighted by Gasteiger charge is -2.45. The highest BCUT2D eigenvalue weighted by Crippen LogP contribution is 2.28. The lowest BCUT2D eigenvalue weighted by Crippen LogP contribution is -2.60. The highest BCUT2D eigenvalue weighted by atomic mass is 35.5. The van der Waals surface area contributed by atoms with Gasteiger partial charge >= 0.3 is 0 Å². The van der Waals surface area contributed by atoms with Gasteiger partial charge in [0, 0.05) is 36.2 Å². The maximum atomic E-state index is 6.11. The fraction of sp³-hybridized carbons (Fsp3) is 0.625. The molecule has 19 heavy (non-hydrogen) atoms. The molecule has 106 valence electrons. The SMILES string of the molecule is CCC1(CC)CN(C(C)c2cccc(Cl)c2)CCN1. The molecule has 0 radical (unpaired) electrons. The molecule has 0 spiro atoms. The molecule has 0 amide bonds. The first-order valence-corrected chi connectivity index (χ1v) is 7.72. The van der Waals surface area contributed by atoms with Gasteiger partial charge in [-0.1, -0.05) is 37.6 Å². The Morgan fingerprint density at radius 1 is 1.37 bits per heavy atom. The molecule has 1 atom stereocenters. The van der Waals surface area contributed by atoms with Gasteiger partial charge in [-0.05, 0) is 37.5 Å². The van der Waals surface area contributed by atoms with Crippen molar-refractivity contribution in [2.75, 3.05) is 19.6 Å². The third-order valence-electron chi connectivity index (χ3n) is 4.64. The third-order valence-corrected chi connectivity index (χ3v) is 4.87. The number of nitrogens with one attached hydrogen (secondary N) is 1. The molecule has 1 aromatic rings. The molecule has 1 aromatic carbocycles. The molecule has 3 heteroatoms. The monoisotopic (exact) mass is 280 g/mol. The average Bonchev–Trinajstić information content (AvgIpc) is 2.46. The van der Waals surface area contributed by atoms with Crippen molar-refractivity contribution >= 4 is 11.6 Å². The summed E-state index contributed by atoms with van der Waals surface area (Å²) in [6.07, 6.45) is 2.37. The van der Waals surface area contributed by atoms with Crippen molar-refractivity contribution in [3.05, 3.63) is 34.9 Å². The van der Waals surface area contributed by atoms with E-state index in [2.05, 4.69) is 43.1 Å². The van der Waals surface area contributed by atoms with E-state index in [4.69, 9.17) is 11.6 Å². The summed E-state index contributed by atoms with van der Waals surface area (Å²) in [5, 5.41) is 4.54. The predicted molar refractivity (Wildman–Crippen MR) is 82.8 cm³/mol. The van der Waals surface area contributed by atoms with Crippen molar-refractivity contribution in [3.8, 4) is 0 Å². The van der Waals surface area contributed by atoms with E-state index in [1.54, 1.807) is 0 Å². The highest BCUT2D eigenvalue weighted by molar-refractivity contribution is 6.30. The Hall–Kier alpha value is -0.570. The van der Waals surface area contributed by atoms with Gasteiger partial charge in [0.15, 0.2) is 0 Å². The molecule has 1 aliphatic rings. The van der Waals surface area contributed by atoms with Crippen LogP contribution >= 0.6 is 11.6 Å². The molecule has 1 saturated heterocycles. The van der Waals surface area contributed by atoms with Crippen molar-refractivity contribution in [3.63, 3.8) is 0 Å². The molecule has 1 unspecified atom stereocenters. The van der Waals surface area contributed by atoms with Crippen LogP contribution in [0.5, 0.6) is 0 Å². The van der Waals surface area contributed by atoms with Crippen LogP contribution in [0.4, 0.5) is 0 Å². The number of benzene rings is 1. The smallest absolute Gasteiger partial charge is 0.0409 e. The Bertz CT molecular complexity index is 415. The minimum absolute atomic E-state index is 0.283. The predicted octanol–water partition coefficient (Wildman–Crippen LogP) is 3.87. The van der Waals surface area contributed by atoms with E-state index < -0.39 is 0 Å². The first kappa shape index (κ1) is 14.8. The topological polar surface area (TPSA) is 15.3 Å². The minimum Gasteiger partial charge on any atom is -0.309 e. The van der Waals surface area contributed by atoms with E-state index in [9.17, 15) is 0 Å². The molecule has 0 bridgehead atoms. The van der Waals surface area contributed by atoms with Crippen LogP contribution in [-0.4, -0.2) is 30.1 Å². The molecule has 1 N–H and O–H groups in total. The Morgan fingerprint density at radius 2 is 2.11 bits per heavy atom. The van der Waals surface area contributed by atoms with E-state index in [-0.39, 0.29) is 5.54 Å². The standard InChI is InChI=1S/C16H25ClN2/c1-4-16(5-2)12-19(10-9-18-16)13(3)14-7-6-8-15(17)11-14/h6-8,11,13,18H,4-5,9-10,12H2,1-3H3. The maximum Gasteiger partial charge on any atom is 0.0409 e. The van der Waals surface area contributed by atoms with Crippen LogP contribution in [0, 0.1) is 0 Å². The second kappa shape index (κ2) is 6.25. The minimum atomic E-state index is 0.283. The summed E-state index contributed by atoms with van der Waals surface area (Å²) in [6.45, 7) is 10.1. The molecular weight excluding hydrogens is 256 g/mol. The molecule has 2 nitrogen and oxygen atoms in total.